The van der Waals surface area contributed by atoms with Gasteiger partial charge in [0.05, 0.1) is 12.1 Å². The molecule has 0 aliphatic heterocycles. The van der Waals surface area contributed by atoms with Gasteiger partial charge in [0.2, 0.25) is 5.91 Å². The van der Waals surface area contributed by atoms with E-state index in [1.165, 1.54) is 0 Å². The molecule has 0 saturated heterocycles. The lowest BCUT2D eigenvalue weighted by Crippen LogP contribution is -2.51. The van der Waals surface area contributed by atoms with Crippen LogP contribution in [0.15, 0.2) is 0 Å². The van der Waals surface area contributed by atoms with Crippen LogP contribution in [0, 0.1) is 5.41 Å². The van der Waals surface area contributed by atoms with Gasteiger partial charge in [-0.1, -0.05) is 0 Å². The molecule has 0 rings (SSSR count). The molecular weight excluding hydrogens is 180 g/mol. The van der Waals surface area contributed by atoms with Crippen LogP contribution in [0.2, 0.25) is 0 Å². The molecular formula is C9H20N4O. The van der Waals surface area contributed by atoms with Crippen molar-refractivity contribution in [2.75, 3.05) is 13.1 Å². The molecule has 6 N–H and O–H groups in total. The lowest BCUT2D eigenvalue weighted by Gasteiger charge is -2.22. The minimum absolute atomic E-state index is 0.210. The van der Waals surface area contributed by atoms with E-state index in [-0.39, 0.29) is 12.5 Å². The fraction of sp³-hybridized carbons (Fsp3) is 0.778. The van der Waals surface area contributed by atoms with Crippen LogP contribution in [-0.4, -0.2) is 30.8 Å². The van der Waals surface area contributed by atoms with Gasteiger partial charge in [0, 0.05) is 6.21 Å². The minimum Gasteiger partial charge on any atom is -0.350 e. The van der Waals surface area contributed by atoms with Gasteiger partial charge in [0.15, 0.2) is 0 Å². The van der Waals surface area contributed by atoms with Crippen LogP contribution in [-0.2, 0) is 4.79 Å². The van der Waals surface area contributed by atoms with E-state index in [0.29, 0.717) is 13.0 Å². The Bertz CT molecular complexity index is 191. The van der Waals surface area contributed by atoms with E-state index in [2.05, 4.69) is 5.32 Å². The second-order valence-corrected chi connectivity index (χ2v) is 3.58. The summed E-state index contributed by atoms with van der Waals surface area (Å²) in [4.78, 5) is 11.4. The SMILES string of the molecule is C[C@](N)(CCCCN)C(=O)NCC=N. The van der Waals surface area contributed by atoms with Crippen LogP contribution in [0.4, 0.5) is 0 Å². The molecule has 0 unspecified atom stereocenters. The predicted molar refractivity (Wildman–Crippen MR) is 57.3 cm³/mol. The first-order valence-electron chi connectivity index (χ1n) is 4.81. The highest BCUT2D eigenvalue weighted by atomic mass is 16.2. The summed E-state index contributed by atoms with van der Waals surface area (Å²) in [5, 5.41) is 9.33. The monoisotopic (exact) mass is 200 g/mol. The second kappa shape index (κ2) is 6.50. The summed E-state index contributed by atoms with van der Waals surface area (Å²) in [5.41, 5.74) is 10.3. The van der Waals surface area contributed by atoms with Gasteiger partial charge in [-0.3, -0.25) is 4.79 Å². The van der Waals surface area contributed by atoms with Gasteiger partial charge in [-0.2, -0.15) is 0 Å². The van der Waals surface area contributed by atoms with Crippen LogP contribution < -0.4 is 16.8 Å². The zero-order valence-corrected chi connectivity index (χ0v) is 8.68. The minimum atomic E-state index is -0.849. The molecule has 0 spiro atoms. The normalized spacial score (nSPS) is 14.5. The van der Waals surface area contributed by atoms with Crippen LogP contribution in [0.1, 0.15) is 26.2 Å². The molecule has 0 aliphatic rings. The number of carbonyl (C=O) groups excluding carboxylic acids is 1. The largest absolute Gasteiger partial charge is 0.350 e. The highest BCUT2D eigenvalue weighted by molar-refractivity contribution is 5.87. The Hall–Kier alpha value is -0.940. The maximum Gasteiger partial charge on any atom is 0.240 e. The summed E-state index contributed by atoms with van der Waals surface area (Å²) >= 11 is 0. The van der Waals surface area contributed by atoms with Crippen molar-refractivity contribution in [3.05, 3.63) is 0 Å². The summed E-state index contributed by atoms with van der Waals surface area (Å²) < 4.78 is 0. The third kappa shape index (κ3) is 4.94. The fourth-order valence-corrected chi connectivity index (χ4v) is 1.10. The Morgan fingerprint density at radius 1 is 1.57 bits per heavy atom. The fourth-order valence-electron chi connectivity index (χ4n) is 1.10. The molecule has 82 valence electrons. The Labute approximate surface area is 84.7 Å². The third-order valence-corrected chi connectivity index (χ3v) is 2.03. The van der Waals surface area contributed by atoms with Crippen molar-refractivity contribution in [3.63, 3.8) is 0 Å². The first-order valence-corrected chi connectivity index (χ1v) is 4.81. The van der Waals surface area contributed by atoms with Crippen molar-refractivity contribution < 1.29 is 4.79 Å². The van der Waals surface area contributed by atoms with Crippen LogP contribution in [0.3, 0.4) is 0 Å². The number of hydrogen-bond donors (Lipinski definition) is 4. The molecule has 0 saturated carbocycles. The average molecular weight is 200 g/mol. The smallest absolute Gasteiger partial charge is 0.240 e. The number of unbranched alkanes of at least 4 members (excludes halogenated alkanes) is 1. The van der Waals surface area contributed by atoms with Gasteiger partial charge in [0.25, 0.3) is 0 Å². The standard InChI is InChI=1S/C9H20N4O/c1-9(12,4-2-3-5-10)8(14)13-7-6-11/h6,11H,2-5,7,10,12H2,1H3,(H,13,14)/t9-/m0/s1. The molecule has 0 bridgehead atoms. The van der Waals surface area contributed by atoms with E-state index in [0.717, 1.165) is 19.1 Å². The van der Waals surface area contributed by atoms with E-state index >= 15 is 0 Å². The van der Waals surface area contributed by atoms with Crippen molar-refractivity contribution in [2.24, 2.45) is 11.5 Å². The average Bonchev–Trinajstić information content (AvgIpc) is 2.14. The molecule has 5 heteroatoms. The first-order chi connectivity index (χ1) is 6.54. The number of hydrogen-bond acceptors (Lipinski definition) is 4. The van der Waals surface area contributed by atoms with Crippen LogP contribution in [0.5, 0.6) is 0 Å². The molecule has 0 aromatic carbocycles. The lowest BCUT2D eigenvalue weighted by molar-refractivity contribution is -0.125. The summed E-state index contributed by atoms with van der Waals surface area (Å²) in [7, 11) is 0. The van der Waals surface area contributed by atoms with Crippen molar-refractivity contribution in [2.45, 2.75) is 31.7 Å². The van der Waals surface area contributed by atoms with Crippen molar-refractivity contribution in [1.82, 2.24) is 5.32 Å². The van der Waals surface area contributed by atoms with Gasteiger partial charge in [-0.15, -0.1) is 0 Å². The quantitative estimate of drug-likeness (QED) is 0.332. The van der Waals surface area contributed by atoms with E-state index < -0.39 is 5.54 Å². The molecule has 0 aromatic rings. The number of rotatable bonds is 7. The molecule has 1 amide bonds. The van der Waals surface area contributed by atoms with Gasteiger partial charge >= 0.3 is 0 Å². The van der Waals surface area contributed by atoms with Crippen LogP contribution >= 0.6 is 0 Å². The number of carbonyl (C=O) groups is 1. The number of nitrogens with two attached hydrogens (primary N) is 2. The number of nitrogens with one attached hydrogen (secondary N) is 2. The van der Waals surface area contributed by atoms with Gasteiger partial charge in [-0.25, -0.2) is 0 Å². The topological polar surface area (TPSA) is 105 Å². The zero-order valence-electron chi connectivity index (χ0n) is 8.68. The Balaban J connectivity index is 3.89. The van der Waals surface area contributed by atoms with Crippen molar-refractivity contribution >= 4 is 12.1 Å². The Morgan fingerprint density at radius 2 is 2.21 bits per heavy atom. The molecule has 0 fully saturated rings. The van der Waals surface area contributed by atoms with Crippen LogP contribution in [0.25, 0.3) is 0 Å². The highest BCUT2D eigenvalue weighted by Gasteiger charge is 2.26. The van der Waals surface area contributed by atoms with E-state index in [4.69, 9.17) is 16.9 Å². The third-order valence-electron chi connectivity index (χ3n) is 2.03. The maximum absolute atomic E-state index is 11.4. The van der Waals surface area contributed by atoms with E-state index in [1.807, 2.05) is 0 Å². The lowest BCUT2D eigenvalue weighted by atomic mass is 9.95. The van der Waals surface area contributed by atoms with E-state index in [9.17, 15) is 4.79 Å². The van der Waals surface area contributed by atoms with Gasteiger partial charge in [0.1, 0.15) is 0 Å². The molecule has 0 radical (unpaired) electrons. The second-order valence-electron chi connectivity index (χ2n) is 3.58. The van der Waals surface area contributed by atoms with Gasteiger partial charge < -0.3 is 22.2 Å². The van der Waals surface area contributed by atoms with Crippen molar-refractivity contribution in [1.29, 1.82) is 5.41 Å². The maximum atomic E-state index is 11.4. The summed E-state index contributed by atoms with van der Waals surface area (Å²) in [5.74, 6) is -0.210. The van der Waals surface area contributed by atoms with Crippen molar-refractivity contribution in [3.8, 4) is 0 Å². The highest BCUT2D eigenvalue weighted by Crippen LogP contribution is 2.10. The van der Waals surface area contributed by atoms with Gasteiger partial charge in [-0.05, 0) is 32.7 Å². The summed E-state index contributed by atoms with van der Waals surface area (Å²) in [6.45, 7) is 2.56. The number of amides is 1. The summed E-state index contributed by atoms with van der Waals surface area (Å²) in [6, 6.07) is 0. The Kier molecular flexibility index (Phi) is 6.07. The first kappa shape index (κ1) is 13.1. The zero-order chi connectivity index (χ0) is 11.0. The summed E-state index contributed by atoms with van der Waals surface area (Å²) in [6.07, 6.45) is 3.48. The Morgan fingerprint density at radius 3 is 2.71 bits per heavy atom. The molecule has 1 atom stereocenters. The molecule has 5 nitrogen and oxygen atoms in total. The molecule has 14 heavy (non-hydrogen) atoms. The molecule has 0 aromatic heterocycles. The molecule has 0 aliphatic carbocycles. The predicted octanol–water partition coefficient (Wildman–Crippen LogP) is -0.401. The molecule has 0 heterocycles. The van der Waals surface area contributed by atoms with E-state index in [1.54, 1.807) is 6.92 Å².